The molecule has 0 bridgehead atoms. The van der Waals surface area contributed by atoms with Gasteiger partial charge in [0.2, 0.25) is 0 Å². The molecule has 0 spiro atoms. The third-order valence-electron chi connectivity index (χ3n) is 3.04. The van der Waals surface area contributed by atoms with E-state index in [9.17, 15) is 0 Å². The Balaban J connectivity index is 1.98. The molecule has 0 unspecified atom stereocenters. The largest absolute Gasteiger partial charge is 0.397 e. The van der Waals surface area contributed by atoms with E-state index in [1.807, 2.05) is 24.3 Å². The first-order valence-electron chi connectivity index (χ1n) is 6.03. The molecule has 3 heteroatoms. The fourth-order valence-corrected chi connectivity index (χ4v) is 2.23. The molecule has 3 rings (SSSR count). The highest BCUT2D eigenvalue weighted by molar-refractivity contribution is 6.31. The Morgan fingerprint density at radius 2 is 1.63 bits per heavy atom. The van der Waals surface area contributed by atoms with Gasteiger partial charge in [-0.1, -0.05) is 41.9 Å². The molecular formula is C16H13ClN2. The van der Waals surface area contributed by atoms with Crippen molar-refractivity contribution in [2.24, 2.45) is 0 Å². The van der Waals surface area contributed by atoms with Crippen LogP contribution < -0.4 is 11.1 Å². The van der Waals surface area contributed by atoms with Crippen molar-refractivity contribution in [3.8, 4) is 0 Å². The first-order valence-corrected chi connectivity index (χ1v) is 6.41. The number of benzene rings is 3. The number of anilines is 3. The molecule has 0 aliphatic heterocycles. The van der Waals surface area contributed by atoms with E-state index in [2.05, 4.69) is 29.6 Å². The maximum Gasteiger partial charge on any atom is 0.0632 e. The monoisotopic (exact) mass is 268 g/mol. The summed E-state index contributed by atoms with van der Waals surface area (Å²) in [5, 5.41) is 6.36. The van der Waals surface area contributed by atoms with Gasteiger partial charge in [0.15, 0.2) is 0 Å². The number of rotatable bonds is 2. The molecule has 3 N–H and O–H groups in total. The summed E-state index contributed by atoms with van der Waals surface area (Å²) in [6.45, 7) is 0. The minimum Gasteiger partial charge on any atom is -0.397 e. The molecule has 0 atom stereocenters. The Morgan fingerprint density at radius 1 is 0.842 bits per heavy atom. The number of nitrogen functional groups attached to an aromatic ring is 1. The van der Waals surface area contributed by atoms with Crippen LogP contribution in [0.3, 0.4) is 0 Å². The molecule has 0 aromatic heterocycles. The number of nitrogens with one attached hydrogen (secondary N) is 1. The topological polar surface area (TPSA) is 38.0 Å². The van der Waals surface area contributed by atoms with Gasteiger partial charge >= 0.3 is 0 Å². The van der Waals surface area contributed by atoms with Gasteiger partial charge in [-0.05, 0) is 41.1 Å². The van der Waals surface area contributed by atoms with Crippen molar-refractivity contribution in [2.75, 3.05) is 11.1 Å². The summed E-state index contributed by atoms with van der Waals surface area (Å²) in [5.74, 6) is 0. The maximum atomic E-state index is 5.98. The van der Waals surface area contributed by atoms with Crippen molar-refractivity contribution in [1.29, 1.82) is 0 Å². The minimum absolute atomic E-state index is 0.664. The van der Waals surface area contributed by atoms with E-state index in [4.69, 9.17) is 17.3 Å². The summed E-state index contributed by atoms with van der Waals surface area (Å²) in [6.07, 6.45) is 0. The maximum absolute atomic E-state index is 5.98. The van der Waals surface area contributed by atoms with Crippen molar-refractivity contribution in [1.82, 2.24) is 0 Å². The molecule has 0 aliphatic rings. The van der Waals surface area contributed by atoms with Crippen LogP contribution in [0.4, 0.5) is 17.1 Å². The summed E-state index contributed by atoms with van der Waals surface area (Å²) < 4.78 is 0. The molecule has 0 fully saturated rings. The zero-order valence-electron chi connectivity index (χ0n) is 10.2. The highest BCUT2D eigenvalue weighted by atomic mass is 35.5. The number of fused-ring (bicyclic) bond motifs is 1. The molecule has 3 aromatic rings. The third kappa shape index (κ3) is 2.49. The summed E-state index contributed by atoms with van der Waals surface area (Å²) in [7, 11) is 0. The molecule has 2 nitrogen and oxygen atoms in total. The molecule has 0 heterocycles. The van der Waals surface area contributed by atoms with Crippen molar-refractivity contribution in [2.45, 2.75) is 0 Å². The van der Waals surface area contributed by atoms with Crippen molar-refractivity contribution < 1.29 is 0 Å². The Morgan fingerprint density at radius 3 is 2.47 bits per heavy atom. The summed E-state index contributed by atoms with van der Waals surface area (Å²) in [5.41, 5.74) is 8.42. The smallest absolute Gasteiger partial charge is 0.0632 e. The zero-order valence-corrected chi connectivity index (χ0v) is 11.0. The van der Waals surface area contributed by atoms with Gasteiger partial charge in [-0.2, -0.15) is 0 Å². The number of halogens is 1. The van der Waals surface area contributed by atoms with Crippen LogP contribution in [0.5, 0.6) is 0 Å². The molecule has 3 aromatic carbocycles. The molecule has 0 saturated carbocycles. The predicted octanol–water partition coefficient (Wildman–Crippen LogP) is 4.82. The molecule has 0 saturated heterocycles. The van der Waals surface area contributed by atoms with Gasteiger partial charge in [0.1, 0.15) is 0 Å². The second-order valence-electron chi connectivity index (χ2n) is 4.42. The quantitative estimate of drug-likeness (QED) is 0.654. The van der Waals surface area contributed by atoms with Gasteiger partial charge in [0.25, 0.3) is 0 Å². The van der Waals surface area contributed by atoms with Crippen LogP contribution >= 0.6 is 11.6 Å². The van der Waals surface area contributed by atoms with Crippen molar-refractivity contribution in [3.05, 3.63) is 65.7 Å². The van der Waals surface area contributed by atoms with Gasteiger partial charge in [-0.25, -0.2) is 0 Å². The van der Waals surface area contributed by atoms with Crippen LogP contribution in [0.15, 0.2) is 60.7 Å². The summed E-state index contributed by atoms with van der Waals surface area (Å²) >= 11 is 5.98. The van der Waals surface area contributed by atoms with Crippen molar-refractivity contribution in [3.63, 3.8) is 0 Å². The number of hydrogen-bond acceptors (Lipinski definition) is 2. The normalized spacial score (nSPS) is 10.6. The van der Waals surface area contributed by atoms with Crippen LogP contribution in [0, 0.1) is 0 Å². The SMILES string of the molecule is Nc1ccc(Cl)cc1Nc1ccc2ccccc2c1. The molecule has 19 heavy (non-hydrogen) atoms. The zero-order chi connectivity index (χ0) is 13.2. The Bertz CT molecular complexity index is 738. The van der Waals surface area contributed by atoms with Crippen LogP contribution in [0.25, 0.3) is 10.8 Å². The van der Waals surface area contributed by atoms with Crippen LogP contribution in [-0.2, 0) is 0 Å². The third-order valence-corrected chi connectivity index (χ3v) is 3.28. The van der Waals surface area contributed by atoms with Gasteiger partial charge in [-0.3, -0.25) is 0 Å². The van der Waals surface area contributed by atoms with E-state index in [0.717, 1.165) is 11.4 Å². The van der Waals surface area contributed by atoms with Crippen LogP contribution in [-0.4, -0.2) is 0 Å². The lowest BCUT2D eigenvalue weighted by Gasteiger charge is -2.10. The van der Waals surface area contributed by atoms with Crippen molar-refractivity contribution >= 4 is 39.4 Å². The number of hydrogen-bond donors (Lipinski definition) is 2. The minimum atomic E-state index is 0.664. The van der Waals surface area contributed by atoms with E-state index < -0.39 is 0 Å². The standard InChI is InChI=1S/C16H13ClN2/c17-13-6-8-15(18)16(10-13)19-14-7-5-11-3-1-2-4-12(11)9-14/h1-10,19H,18H2. The molecule has 0 aliphatic carbocycles. The Hall–Kier alpha value is -2.19. The van der Waals surface area contributed by atoms with E-state index in [1.54, 1.807) is 12.1 Å². The lowest BCUT2D eigenvalue weighted by Crippen LogP contribution is -1.96. The summed E-state index contributed by atoms with van der Waals surface area (Å²) in [4.78, 5) is 0. The Kier molecular flexibility index (Phi) is 3.02. The first-order chi connectivity index (χ1) is 9.22. The highest BCUT2D eigenvalue weighted by Gasteiger charge is 2.01. The van der Waals surface area contributed by atoms with E-state index >= 15 is 0 Å². The summed E-state index contributed by atoms with van der Waals surface area (Å²) in [6, 6.07) is 19.8. The fourth-order valence-electron chi connectivity index (χ4n) is 2.06. The second-order valence-corrected chi connectivity index (χ2v) is 4.85. The molecule has 0 radical (unpaired) electrons. The molecular weight excluding hydrogens is 256 g/mol. The van der Waals surface area contributed by atoms with Crippen LogP contribution in [0.2, 0.25) is 5.02 Å². The predicted molar refractivity (Wildman–Crippen MR) is 83.1 cm³/mol. The van der Waals surface area contributed by atoms with E-state index in [1.165, 1.54) is 10.8 Å². The highest BCUT2D eigenvalue weighted by Crippen LogP contribution is 2.28. The first kappa shape index (κ1) is 11.9. The molecule has 0 amide bonds. The Labute approximate surface area is 116 Å². The lowest BCUT2D eigenvalue weighted by atomic mass is 10.1. The van der Waals surface area contributed by atoms with Gasteiger partial charge < -0.3 is 11.1 Å². The lowest BCUT2D eigenvalue weighted by molar-refractivity contribution is 1.56. The average molecular weight is 269 g/mol. The van der Waals surface area contributed by atoms with Gasteiger partial charge in [0, 0.05) is 10.7 Å². The van der Waals surface area contributed by atoms with E-state index in [0.29, 0.717) is 10.7 Å². The van der Waals surface area contributed by atoms with Gasteiger partial charge in [-0.15, -0.1) is 0 Å². The van der Waals surface area contributed by atoms with Crippen LogP contribution in [0.1, 0.15) is 0 Å². The van der Waals surface area contributed by atoms with Gasteiger partial charge in [0.05, 0.1) is 11.4 Å². The number of nitrogens with two attached hydrogens (primary N) is 1. The average Bonchev–Trinajstić information content (AvgIpc) is 2.43. The van der Waals surface area contributed by atoms with E-state index in [-0.39, 0.29) is 0 Å². The fraction of sp³-hybridized carbons (Fsp3) is 0. The molecule has 94 valence electrons. The second kappa shape index (κ2) is 4.82.